The van der Waals surface area contributed by atoms with Crippen molar-refractivity contribution in [2.75, 3.05) is 24.3 Å². The third-order valence-corrected chi connectivity index (χ3v) is 5.46. The van der Waals surface area contributed by atoms with Gasteiger partial charge in [-0.1, -0.05) is 0 Å². The van der Waals surface area contributed by atoms with E-state index in [4.69, 9.17) is 4.74 Å². The second kappa shape index (κ2) is 11.6. The van der Waals surface area contributed by atoms with Crippen LogP contribution in [0.1, 0.15) is 37.1 Å². The lowest BCUT2D eigenvalue weighted by Crippen LogP contribution is -2.48. The average molecular weight is 551 g/mol. The number of hydrogen-bond acceptors (Lipinski definition) is 10. The first-order valence-corrected chi connectivity index (χ1v) is 11.2. The first-order chi connectivity index (χ1) is 17.8. The molecule has 0 saturated heterocycles. The predicted molar refractivity (Wildman–Crippen MR) is 118 cm³/mol. The van der Waals surface area contributed by atoms with Crippen molar-refractivity contribution in [3.8, 4) is 5.88 Å². The summed E-state index contributed by atoms with van der Waals surface area (Å²) >= 11 is 0. The van der Waals surface area contributed by atoms with Gasteiger partial charge in [-0.3, -0.25) is 4.79 Å². The van der Waals surface area contributed by atoms with Crippen LogP contribution in [-0.2, 0) is 20.6 Å². The zero-order chi connectivity index (χ0) is 28.1. The molecule has 0 atom stereocenters. The van der Waals surface area contributed by atoms with Crippen molar-refractivity contribution in [3.63, 3.8) is 0 Å². The molecule has 0 bridgehead atoms. The molecule has 0 aromatic carbocycles. The van der Waals surface area contributed by atoms with Gasteiger partial charge in [0.2, 0.25) is 17.7 Å². The lowest BCUT2D eigenvalue weighted by Gasteiger charge is -2.35. The van der Waals surface area contributed by atoms with E-state index >= 15 is 0 Å². The molecule has 2 N–H and O–H groups in total. The van der Waals surface area contributed by atoms with E-state index in [2.05, 4.69) is 35.4 Å². The zero-order valence-electron chi connectivity index (χ0n) is 20.1. The van der Waals surface area contributed by atoms with E-state index in [1.165, 1.54) is 0 Å². The topological polar surface area (TPSA) is 131 Å². The highest BCUT2D eigenvalue weighted by atomic mass is 19.4. The summed E-state index contributed by atoms with van der Waals surface area (Å²) in [5.74, 6) is -5.08. The number of aromatic nitrogens is 4. The van der Waals surface area contributed by atoms with Crippen molar-refractivity contribution in [2.24, 2.45) is 0 Å². The number of carbonyl (C=O) groups excluding carboxylic acids is 2. The molecule has 2 aromatic heterocycles. The van der Waals surface area contributed by atoms with E-state index in [9.17, 15) is 35.9 Å². The van der Waals surface area contributed by atoms with Crippen molar-refractivity contribution in [2.45, 2.75) is 57.0 Å². The molecule has 0 unspecified atom stereocenters. The maximum absolute atomic E-state index is 12.8. The van der Waals surface area contributed by atoms with Gasteiger partial charge in [0.05, 0.1) is 6.04 Å². The van der Waals surface area contributed by atoms with Crippen LogP contribution in [0.5, 0.6) is 5.88 Å². The molecule has 17 heteroatoms. The van der Waals surface area contributed by atoms with Gasteiger partial charge in [-0.15, -0.1) is 0 Å². The molecule has 1 fully saturated rings. The van der Waals surface area contributed by atoms with Gasteiger partial charge in [0.15, 0.2) is 6.61 Å². The number of halogens is 6. The van der Waals surface area contributed by atoms with Gasteiger partial charge >= 0.3 is 18.3 Å². The van der Waals surface area contributed by atoms with Crippen molar-refractivity contribution in [1.82, 2.24) is 25.0 Å². The number of alkyl halides is 6. The van der Waals surface area contributed by atoms with Crippen molar-refractivity contribution in [3.05, 3.63) is 29.8 Å². The molecule has 208 valence electrons. The second-order valence-corrected chi connectivity index (χ2v) is 8.23. The van der Waals surface area contributed by atoms with E-state index in [0.717, 1.165) is 17.8 Å². The van der Waals surface area contributed by atoms with Gasteiger partial charge < -0.3 is 20.2 Å². The highest BCUT2D eigenvalue weighted by molar-refractivity contribution is 5.81. The van der Waals surface area contributed by atoms with E-state index in [0.29, 0.717) is 24.6 Å². The molecule has 3 rings (SSSR count). The second-order valence-electron chi connectivity index (χ2n) is 8.23. The minimum absolute atomic E-state index is 0.130. The Kier molecular flexibility index (Phi) is 8.78. The van der Waals surface area contributed by atoms with Crippen LogP contribution in [0.15, 0.2) is 18.5 Å². The van der Waals surface area contributed by atoms with Crippen LogP contribution in [0.4, 0.5) is 38.1 Å². The molecule has 1 aliphatic rings. The van der Waals surface area contributed by atoms with Gasteiger partial charge in [0.25, 0.3) is 5.91 Å². The fourth-order valence-corrected chi connectivity index (χ4v) is 3.63. The Balaban J connectivity index is 1.66. The molecule has 0 radical (unpaired) electrons. The van der Waals surface area contributed by atoms with Crippen LogP contribution in [0.3, 0.4) is 0 Å². The molecular weight excluding hydrogens is 528 g/mol. The number of anilines is 2. The predicted octanol–water partition coefficient (Wildman–Crippen LogP) is 3.29. The Morgan fingerprint density at radius 2 is 1.76 bits per heavy atom. The standard InChI is InChI=1S/C21H23F6N7O4/c1-11-9-30-19(33-16(11)28-2)31-12-3-5-13(6-4-12)34(38-18(36)21(25,26)27)15(35)10-37-14-7-8-29-17(32-14)20(22,23)24/h7-9,12-13H,3-6,10H2,1-2H3,(H2,28,30,31,33). The Morgan fingerprint density at radius 3 is 2.37 bits per heavy atom. The molecular formula is C21H23F6N7O4. The smallest absolute Gasteiger partial charge is 0.467 e. The van der Waals surface area contributed by atoms with Gasteiger partial charge in [0, 0.05) is 37.1 Å². The largest absolute Gasteiger partial charge is 0.493 e. The number of carbonyl (C=O) groups is 2. The third-order valence-electron chi connectivity index (χ3n) is 5.46. The normalized spacial score (nSPS) is 17.9. The highest BCUT2D eigenvalue weighted by Crippen LogP contribution is 2.29. The van der Waals surface area contributed by atoms with Gasteiger partial charge in [0.1, 0.15) is 5.82 Å². The number of hydroxylamine groups is 2. The minimum Gasteiger partial charge on any atom is -0.467 e. The Hall–Kier alpha value is -3.92. The molecule has 1 saturated carbocycles. The van der Waals surface area contributed by atoms with Crippen LogP contribution < -0.4 is 15.4 Å². The third kappa shape index (κ3) is 7.55. The molecule has 2 heterocycles. The fourth-order valence-electron chi connectivity index (χ4n) is 3.63. The number of ether oxygens (including phenoxy) is 1. The zero-order valence-corrected chi connectivity index (χ0v) is 20.1. The summed E-state index contributed by atoms with van der Waals surface area (Å²) in [5.41, 5.74) is 0.821. The summed E-state index contributed by atoms with van der Waals surface area (Å²) in [5, 5.41) is 6.30. The molecule has 1 amide bonds. The van der Waals surface area contributed by atoms with Crippen LogP contribution in [0, 0.1) is 6.92 Å². The number of aryl methyl sites for hydroxylation is 1. The summed E-state index contributed by atoms with van der Waals surface area (Å²) in [6.07, 6.45) is -6.96. The van der Waals surface area contributed by atoms with Crippen molar-refractivity contribution in [1.29, 1.82) is 0 Å². The molecule has 0 spiro atoms. The van der Waals surface area contributed by atoms with E-state index < -0.39 is 48.6 Å². The molecule has 11 nitrogen and oxygen atoms in total. The molecule has 0 aliphatic heterocycles. The first-order valence-electron chi connectivity index (χ1n) is 11.2. The minimum atomic E-state index is -5.39. The van der Waals surface area contributed by atoms with Crippen molar-refractivity contribution < 1.29 is 45.5 Å². The lowest BCUT2D eigenvalue weighted by atomic mass is 9.91. The molecule has 38 heavy (non-hydrogen) atoms. The number of nitrogens with one attached hydrogen (secondary N) is 2. The summed E-state index contributed by atoms with van der Waals surface area (Å²) in [4.78, 5) is 43.2. The SMILES string of the molecule is CNc1nc(NC2CCC(N(OC(=O)C(F)(F)F)C(=O)COc3ccnc(C(F)(F)F)n3)CC2)ncc1C. The van der Waals surface area contributed by atoms with Crippen molar-refractivity contribution >= 4 is 23.6 Å². The Bertz CT molecular complexity index is 1140. The number of amides is 1. The Morgan fingerprint density at radius 1 is 1.08 bits per heavy atom. The first kappa shape index (κ1) is 28.6. The maximum atomic E-state index is 12.8. The van der Waals surface area contributed by atoms with Crippen LogP contribution in [0.2, 0.25) is 0 Å². The highest BCUT2D eigenvalue weighted by Gasteiger charge is 2.45. The molecule has 1 aliphatic carbocycles. The van der Waals surface area contributed by atoms with Crippen LogP contribution in [0.25, 0.3) is 0 Å². The quantitative estimate of drug-likeness (QED) is 0.390. The number of hydrogen-bond donors (Lipinski definition) is 2. The summed E-state index contributed by atoms with van der Waals surface area (Å²) < 4.78 is 81.8. The summed E-state index contributed by atoms with van der Waals surface area (Å²) in [7, 11) is 1.70. The van der Waals surface area contributed by atoms with Gasteiger partial charge in [-0.2, -0.15) is 41.4 Å². The van der Waals surface area contributed by atoms with E-state index in [-0.39, 0.29) is 23.9 Å². The summed E-state index contributed by atoms with van der Waals surface area (Å²) in [6, 6.07) is -0.205. The molecule has 2 aromatic rings. The van der Waals surface area contributed by atoms with Gasteiger partial charge in [-0.05, 0) is 32.6 Å². The van der Waals surface area contributed by atoms with Crippen LogP contribution >= 0.6 is 0 Å². The van der Waals surface area contributed by atoms with E-state index in [1.54, 1.807) is 13.2 Å². The fraction of sp³-hybridized carbons (Fsp3) is 0.524. The maximum Gasteiger partial charge on any atom is 0.493 e. The average Bonchev–Trinajstić information content (AvgIpc) is 2.86. The van der Waals surface area contributed by atoms with Gasteiger partial charge in [-0.25, -0.2) is 14.8 Å². The van der Waals surface area contributed by atoms with E-state index in [1.807, 2.05) is 6.92 Å². The van der Waals surface area contributed by atoms with Crippen LogP contribution in [-0.4, -0.2) is 68.8 Å². The Labute approximate surface area is 211 Å². The number of nitrogens with zero attached hydrogens (tertiary/aromatic N) is 5. The summed E-state index contributed by atoms with van der Waals surface area (Å²) in [6.45, 7) is 0.778. The number of rotatable bonds is 7. The monoisotopic (exact) mass is 551 g/mol. The lowest BCUT2D eigenvalue weighted by molar-refractivity contribution is -0.245.